The van der Waals surface area contributed by atoms with Crippen molar-refractivity contribution in [2.75, 3.05) is 32.7 Å². The van der Waals surface area contributed by atoms with Crippen molar-refractivity contribution in [2.24, 2.45) is 5.73 Å². The number of rotatable bonds is 4. The summed E-state index contributed by atoms with van der Waals surface area (Å²) >= 11 is 0. The van der Waals surface area contributed by atoms with Gasteiger partial charge in [0.25, 0.3) is 5.91 Å². The van der Waals surface area contributed by atoms with Gasteiger partial charge in [0.1, 0.15) is 0 Å². The average Bonchev–Trinajstić information content (AvgIpc) is 2.52. The summed E-state index contributed by atoms with van der Waals surface area (Å²) in [7, 11) is 0. The zero-order chi connectivity index (χ0) is 14.4. The summed E-state index contributed by atoms with van der Waals surface area (Å²) in [5, 5.41) is 8.58. The molecule has 2 N–H and O–H groups in total. The van der Waals surface area contributed by atoms with Crippen LogP contribution in [0.25, 0.3) is 0 Å². The molecule has 1 aliphatic heterocycles. The third kappa shape index (κ3) is 3.53. The van der Waals surface area contributed by atoms with Crippen molar-refractivity contribution < 1.29 is 4.79 Å². The SMILES string of the molecule is N#CCCN1CCN(C(=O)c2ccnc(CN)c2)CC1. The van der Waals surface area contributed by atoms with E-state index in [4.69, 9.17) is 11.0 Å². The molecule has 0 aromatic carbocycles. The lowest BCUT2D eigenvalue weighted by Crippen LogP contribution is -2.48. The number of carbonyl (C=O) groups excluding carboxylic acids is 1. The Kier molecular flexibility index (Phi) is 5.04. The molecule has 20 heavy (non-hydrogen) atoms. The Morgan fingerprint density at radius 3 is 2.80 bits per heavy atom. The summed E-state index contributed by atoms with van der Waals surface area (Å²) in [5.74, 6) is 0.0297. The molecule has 0 spiro atoms. The van der Waals surface area contributed by atoms with Crippen molar-refractivity contribution in [3.63, 3.8) is 0 Å². The minimum atomic E-state index is 0.0297. The van der Waals surface area contributed by atoms with Crippen LogP contribution in [0.2, 0.25) is 0 Å². The lowest BCUT2D eigenvalue weighted by atomic mass is 10.2. The molecule has 0 aliphatic carbocycles. The Morgan fingerprint density at radius 1 is 1.40 bits per heavy atom. The maximum Gasteiger partial charge on any atom is 0.254 e. The van der Waals surface area contributed by atoms with Gasteiger partial charge in [-0.3, -0.25) is 14.7 Å². The van der Waals surface area contributed by atoms with Crippen molar-refractivity contribution in [1.82, 2.24) is 14.8 Å². The van der Waals surface area contributed by atoms with E-state index in [1.54, 1.807) is 18.3 Å². The molecule has 0 atom stereocenters. The highest BCUT2D eigenvalue weighted by Crippen LogP contribution is 2.09. The zero-order valence-electron chi connectivity index (χ0n) is 11.5. The molecule has 1 amide bonds. The molecule has 1 aliphatic rings. The highest BCUT2D eigenvalue weighted by atomic mass is 16.2. The Morgan fingerprint density at radius 2 is 2.15 bits per heavy atom. The second kappa shape index (κ2) is 6.98. The quantitative estimate of drug-likeness (QED) is 0.847. The standard InChI is InChI=1S/C14H19N5O/c15-3-1-5-18-6-8-19(9-7-18)14(20)12-2-4-17-13(10-12)11-16/h2,4,10H,1,5-9,11,16H2. The number of hydrogen-bond donors (Lipinski definition) is 1. The minimum Gasteiger partial charge on any atom is -0.336 e. The van der Waals surface area contributed by atoms with Gasteiger partial charge in [0.05, 0.1) is 11.8 Å². The van der Waals surface area contributed by atoms with E-state index in [9.17, 15) is 4.79 Å². The smallest absolute Gasteiger partial charge is 0.254 e. The van der Waals surface area contributed by atoms with Crippen LogP contribution in [-0.4, -0.2) is 53.4 Å². The zero-order valence-corrected chi connectivity index (χ0v) is 11.5. The molecule has 0 bridgehead atoms. The monoisotopic (exact) mass is 273 g/mol. The van der Waals surface area contributed by atoms with Gasteiger partial charge in [0, 0.05) is 57.4 Å². The first-order valence-electron chi connectivity index (χ1n) is 6.78. The molecule has 0 radical (unpaired) electrons. The average molecular weight is 273 g/mol. The van der Waals surface area contributed by atoms with Crippen LogP contribution in [-0.2, 0) is 6.54 Å². The van der Waals surface area contributed by atoms with Crippen molar-refractivity contribution >= 4 is 5.91 Å². The van der Waals surface area contributed by atoms with Crippen LogP contribution in [0.4, 0.5) is 0 Å². The van der Waals surface area contributed by atoms with E-state index >= 15 is 0 Å². The Balaban J connectivity index is 1.93. The normalized spacial score (nSPS) is 15.9. The maximum atomic E-state index is 12.4. The molecular formula is C14H19N5O. The van der Waals surface area contributed by atoms with E-state index in [-0.39, 0.29) is 5.91 Å². The van der Waals surface area contributed by atoms with E-state index in [1.807, 2.05) is 4.90 Å². The van der Waals surface area contributed by atoms with E-state index in [0.29, 0.717) is 31.6 Å². The van der Waals surface area contributed by atoms with Crippen molar-refractivity contribution in [1.29, 1.82) is 5.26 Å². The fourth-order valence-electron chi connectivity index (χ4n) is 2.29. The molecule has 6 heteroatoms. The third-order valence-corrected chi connectivity index (χ3v) is 3.47. The van der Waals surface area contributed by atoms with Gasteiger partial charge in [-0.2, -0.15) is 5.26 Å². The molecule has 0 saturated carbocycles. The number of nitrogens with two attached hydrogens (primary N) is 1. The van der Waals surface area contributed by atoms with Crippen LogP contribution >= 0.6 is 0 Å². The summed E-state index contributed by atoms with van der Waals surface area (Å²) in [5.41, 5.74) is 6.91. The van der Waals surface area contributed by atoms with Crippen LogP contribution in [0.5, 0.6) is 0 Å². The third-order valence-electron chi connectivity index (χ3n) is 3.47. The van der Waals surface area contributed by atoms with E-state index in [2.05, 4.69) is 16.0 Å². The summed E-state index contributed by atoms with van der Waals surface area (Å²) in [6, 6.07) is 5.63. The lowest BCUT2D eigenvalue weighted by molar-refractivity contribution is 0.0639. The summed E-state index contributed by atoms with van der Waals surface area (Å²) in [6.45, 7) is 4.16. The Bertz CT molecular complexity index is 503. The number of hydrogen-bond acceptors (Lipinski definition) is 5. The number of pyridine rings is 1. The molecule has 2 heterocycles. The van der Waals surface area contributed by atoms with Crippen LogP contribution in [0, 0.1) is 11.3 Å². The predicted octanol–water partition coefficient (Wildman–Crippen LogP) is 0.212. The number of nitrogens with zero attached hydrogens (tertiary/aromatic N) is 4. The van der Waals surface area contributed by atoms with E-state index < -0.39 is 0 Å². The summed E-state index contributed by atoms with van der Waals surface area (Å²) < 4.78 is 0. The second-order valence-corrected chi connectivity index (χ2v) is 4.78. The van der Waals surface area contributed by atoms with Crippen LogP contribution in [0.1, 0.15) is 22.5 Å². The van der Waals surface area contributed by atoms with Crippen molar-refractivity contribution in [2.45, 2.75) is 13.0 Å². The van der Waals surface area contributed by atoms with Gasteiger partial charge in [0.15, 0.2) is 0 Å². The largest absolute Gasteiger partial charge is 0.336 e. The Labute approximate surface area is 118 Å². The van der Waals surface area contributed by atoms with Gasteiger partial charge in [0.2, 0.25) is 0 Å². The summed E-state index contributed by atoms with van der Waals surface area (Å²) in [6.07, 6.45) is 2.16. The molecule has 106 valence electrons. The highest BCUT2D eigenvalue weighted by molar-refractivity contribution is 5.94. The number of piperazine rings is 1. The molecule has 1 aromatic heterocycles. The number of aromatic nitrogens is 1. The molecular weight excluding hydrogens is 254 g/mol. The predicted molar refractivity (Wildman–Crippen MR) is 74.7 cm³/mol. The molecule has 6 nitrogen and oxygen atoms in total. The van der Waals surface area contributed by atoms with E-state index in [0.717, 1.165) is 25.3 Å². The molecule has 1 aromatic rings. The lowest BCUT2D eigenvalue weighted by Gasteiger charge is -2.34. The first-order chi connectivity index (χ1) is 9.74. The number of carbonyl (C=O) groups is 1. The van der Waals surface area contributed by atoms with Gasteiger partial charge in [-0.25, -0.2) is 0 Å². The van der Waals surface area contributed by atoms with Gasteiger partial charge in [-0.05, 0) is 12.1 Å². The number of amides is 1. The van der Waals surface area contributed by atoms with Gasteiger partial charge >= 0.3 is 0 Å². The number of nitriles is 1. The van der Waals surface area contributed by atoms with Crippen LogP contribution < -0.4 is 5.73 Å². The van der Waals surface area contributed by atoms with Gasteiger partial charge < -0.3 is 10.6 Å². The highest BCUT2D eigenvalue weighted by Gasteiger charge is 2.21. The fourth-order valence-corrected chi connectivity index (χ4v) is 2.29. The Hall–Kier alpha value is -1.97. The molecule has 1 fully saturated rings. The minimum absolute atomic E-state index is 0.0297. The molecule has 2 rings (SSSR count). The maximum absolute atomic E-state index is 12.4. The van der Waals surface area contributed by atoms with Crippen molar-refractivity contribution in [3.8, 4) is 6.07 Å². The van der Waals surface area contributed by atoms with E-state index in [1.165, 1.54) is 0 Å². The van der Waals surface area contributed by atoms with Gasteiger partial charge in [-0.15, -0.1) is 0 Å². The van der Waals surface area contributed by atoms with Crippen LogP contribution in [0.15, 0.2) is 18.3 Å². The topological polar surface area (TPSA) is 86.2 Å². The first kappa shape index (κ1) is 14.4. The second-order valence-electron chi connectivity index (χ2n) is 4.78. The van der Waals surface area contributed by atoms with Gasteiger partial charge in [-0.1, -0.05) is 0 Å². The first-order valence-corrected chi connectivity index (χ1v) is 6.78. The fraction of sp³-hybridized carbons (Fsp3) is 0.500. The molecule has 0 unspecified atom stereocenters. The van der Waals surface area contributed by atoms with Crippen LogP contribution in [0.3, 0.4) is 0 Å². The summed E-state index contributed by atoms with van der Waals surface area (Å²) in [4.78, 5) is 20.5. The van der Waals surface area contributed by atoms with Crippen molar-refractivity contribution in [3.05, 3.63) is 29.6 Å². The molecule has 1 saturated heterocycles.